The number of hydrogen-bond acceptors (Lipinski definition) is 3. The number of anilines is 1. The molecule has 98 valence electrons. The number of nitrogens with two attached hydrogens (primary N) is 1. The number of amidine groups is 1. The van der Waals surface area contributed by atoms with Crippen LogP contribution in [-0.2, 0) is 4.79 Å². The molecule has 0 saturated heterocycles. The number of rotatable bonds is 5. The largest absolute Gasteiger partial charge is 0.409 e. The quantitative estimate of drug-likeness (QED) is 0.338. The third-order valence-corrected chi connectivity index (χ3v) is 2.89. The molecule has 5 nitrogen and oxygen atoms in total. The molecule has 1 aromatic rings. The fourth-order valence-corrected chi connectivity index (χ4v) is 1.80. The highest BCUT2D eigenvalue weighted by atomic mass is 79.9. The average Bonchev–Trinajstić information content (AvgIpc) is 2.37. The number of carbonyl (C=O) groups is 1. The summed E-state index contributed by atoms with van der Waals surface area (Å²) in [6, 6.07) is 5.18. The smallest absolute Gasteiger partial charge is 0.224 e. The second-order valence-electron chi connectivity index (χ2n) is 3.83. The van der Waals surface area contributed by atoms with Crippen LogP contribution in [0.2, 0.25) is 0 Å². The number of benzene rings is 1. The summed E-state index contributed by atoms with van der Waals surface area (Å²) in [5.74, 6) is -0.117. The van der Waals surface area contributed by atoms with Gasteiger partial charge in [0.2, 0.25) is 5.91 Å². The molecule has 0 spiro atoms. The summed E-state index contributed by atoms with van der Waals surface area (Å²) in [7, 11) is 0. The molecule has 0 aliphatic heterocycles. The summed E-state index contributed by atoms with van der Waals surface area (Å²) in [6.45, 7) is 2.02. The normalized spacial score (nSPS) is 11.3. The highest BCUT2D eigenvalue weighted by Crippen LogP contribution is 2.21. The van der Waals surface area contributed by atoms with Gasteiger partial charge in [-0.2, -0.15) is 0 Å². The molecular weight excluding hydrogens is 298 g/mol. The van der Waals surface area contributed by atoms with Crippen LogP contribution in [0.1, 0.15) is 31.7 Å². The summed E-state index contributed by atoms with van der Waals surface area (Å²) in [5, 5.41) is 14.4. The van der Waals surface area contributed by atoms with Gasteiger partial charge in [-0.25, -0.2) is 0 Å². The fourth-order valence-electron chi connectivity index (χ4n) is 1.44. The lowest BCUT2D eigenvalue weighted by Crippen LogP contribution is -2.19. The summed E-state index contributed by atoms with van der Waals surface area (Å²) >= 11 is 3.30. The van der Waals surface area contributed by atoms with Crippen molar-refractivity contribution in [2.24, 2.45) is 10.9 Å². The number of carbonyl (C=O) groups excluding carboxylic acids is 1. The summed E-state index contributed by atoms with van der Waals surface area (Å²) in [4.78, 5) is 11.7. The van der Waals surface area contributed by atoms with Gasteiger partial charge in [0.15, 0.2) is 5.84 Å². The second-order valence-corrected chi connectivity index (χ2v) is 4.74. The van der Waals surface area contributed by atoms with E-state index in [1.165, 1.54) is 0 Å². The molecule has 0 aliphatic rings. The van der Waals surface area contributed by atoms with E-state index in [9.17, 15) is 4.79 Å². The summed E-state index contributed by atoms with van der Waals surface area (Å²) in [6.07, 6.45) is 2.25. The number of nitrogens with zero attached hydrogens (tertiary/aromatic N) is 1. The third-order valence-electron chi connectivity index (χ3n) is 2.40. The van der Waals surface area contributed by atoms with Gasteiger partial charge < -0.3 is 16.3 Å². The van der Waals surface area contributed by atoms with Gasteiger partial charge in [-0.3, -0.25) is 4.79 Å². The first-order chi connectivity index (χ1) is 8.58. The van der Waals surface area contributed by atoms with Gasteiger partial charge in [-0.1, -0.05) is 34.4 Å². The molecule has 0 bridgehead atoms. The van der Waals surface area contributed by atoms with Gasteiger partial charge in [0.1, 0.15) is 0 Å². The molecule has 1 rings (SSSR count). The van der Waals surface area contributed by atoms with E-state index in [1.807, 2.05) is 6.92 Å². The third kappa shape index (κ3) is 4.03. The molecule has 0 radical (unpaired) electrons. The fraction of sp³-hybridized carbons (Fsp3) is 0.333. The molecule has 0 fully saturated rings. The molecule has 0 aliphatic carbocycles. The minimum absolute atomic E-state index is 0.0397. The van der Waals surface area contributed by atoms with Crippen LogP contribution in [0, 0.1) is 0 Å². The van der Waals surface area contributed by atoms with Crippen molar-refractivity contribution in [2.75, 3.05) is 5.32 Å². The number of amides is 1. The van der Waals surface area contributed by atoms with Crippen LogP contribution in [-0.4, -0.2) is 17.0 Å². The molecular formula is C12H16BrN3O2. The van der Waals surface area contributed by atoms with Gasteiger partial charge in [0.25, 0.3) is 0 Å². The highest BCUT2D eigenvalue weighted by Gasteiger charge is 2.10. The van der Waals surface area contributed by atoms with Crippen molar-refractivity contribution < 1.29 is 10.0 Å². The molecule has 6 heteroatoms. The van der Waals surface area contributed by atoms with E-state index < -0.39 is 0 Å². The molecule has 4 N–H and O–H groups in total. The maximum Gasteiger partial charge on any atom is 0.224 e. The Bertz CT molecular complexity index is 461. The molecule has 0 unspecified atom stereocenters. The molecule has 1 amide bonds. The zero-order valence-electron chi connectivity index (χ0n) is 10.1. The van der Waals surface area contributed by atoms with Gasteiger partial charge in [-0.05, 0) is 24.6 Å². The minimum Gasteiger partial charge on any atom is -0.409 e. The molecule has 0 saturated carbocycles. The molecule has 0 heterocycles. The zero-order valence-corrected chi connectivity index (χ0v) is 11.7. The Morgan fingerprint density at radius 1 is 1.56 bits per heavy atom. The highest BCUT2D eigenvalue weighted by molar-refractivity contribution is 9.10. The van der Waals surface area contributed by atoms with Crippen molar-refractivity contribution in [3.63, 3.8) is 0 Å². The van der Waals surface area contributed by atoms with Crippen molar-refractivity contribution in [3.8, 4) is 0 Å². The predicted molar refractivity (Wildman–Crippen MR) is 74.8 cm³/mol. The van der Waals surface area contributed by atoms with E-state index in [4.69, 9.17) is 10.9 Å². The van der Waals surface area contributed by atoms with Gasteiger partial charge >= 0.3 is 0 Å². The van der Waals surface area contributed by atoms with E-state index in [2.05, 4.69) is 26.4 Å². The Kier molecular flexibility index (Phi) is 5.64. The monoisotopic (exact) mass is 313 g/mol. The van der Waals surface area contributed by atoms with Gasteiger partial charge in [-0.15, -0.1) is 0 Å². The molecule has 0 aromatic heterocycles. The van der Waals surface area contributed by atoms with E-state index in [0.717, 1.165) is 17.3 Å². The maximum atomic E-state index is 11.7. The van der Waals surface area contributed by atoms with E-state index in [-0.39, 0.29) is 11.7 Å². The van der Waals surface area contributed by atoms with Crippen molar-refractivity contribution >= 4 is 33.4 Å². The first-order valence-electron chi connectivity index (χ1n) is 5.65. The first-order valence-corrected chi connectivity index (χ1v) is 6.45. The predicted octanol–water partition coefficient (Wildman–Crippen LogP) is 2.67. The van der Waals surface area contributed by atoms with Crippen LogP contribution in [0.5, 0.6) is 0 Å². The number of nitrogens with one attached hydrogen (secondary N) is 1. The first kappa shape index (κ1) is 14.5. The Morgan fingerprint density at radius 2 is 2.28 bits per heavy atom. The lowest BCUT2D eigenvalue weighted by atomic mass is 10.1. The SMILES string of the molecule is CCCCC(=O)Nc1ccc(Br)cc1/C(N)=N/O. The van der Waals surface area contributed by atoms with Crippen molar-refractivity contribution in [2.45, 2.75) is 26.2 Å². The lowest BCUT2D eigenvalue weighted by molar-refractivity contribution is -0.116. The Hall–Kier alpha value is -1.56. The zero-order chi connectivity index (χ0) is 13.5. The van der Waals surface area contributed by atoms with Gasteiger partial charge in [0, 0.05) is 16.5 Å². The molecule has 18 heavy (non-hydrogen) atoms. The average molecular weight is 314 g/mol. The number of halogens is 1. The number of oxime groups is 1. The Morgan fingerprint density at radius 3 is 2.89 bits per heavy atom. The Labute approximate surface area is 114 Å². The van der Waals surface area contributed by atoms with Crippen LogP contribution >= 0.6 is 15.9 Å². The Balaban J connectivity index is 2.91. The van der Waals surface area contributed by atoms with Crippen LogP contribution in [0.25, 0.3) is 0 Å². The number of unbranched alkanes of at least 4 members (excludes halogenated alkanes) is 1. The van der Waals surface area contributed by atoms with Crippen LogP contribution in [0.4, 0.5) is 5.69 Å². The summed E-state index contributed by atoms with van der Waals surface area (Å²) < 4.78 is 0.788. The summed E-state index contributed by atoms with van der Waals surface area (Å²) in [5.41, 5.74) is 6.59. The standard InChI is InChI=1S/C12H16BrN3O2/c1-2-3-4-11(17)15-10-6-5-8(13)7-9(10)12(14)16-18/h5-7,18H,2-4H2,1H3,(H2,14,16)(H,15,17). The number of hydrogen-bond donors (Lipinski definition) is 3. The second kappa shape index (κ2) is 7.00. The van der Waals surface area contributed by atoms with Crippen LogP contribution in [0.3, 0.4) is 0 Å². The topological polar surface area (TPSA) is 87.7 Å². The van der Waals surface area contributed by atoms with Crippen molar-refractivity contribution in [1.82, 2.24) is 0 Å². The van der Waals surface area contributed by atoms with E-state index >= 15 is 0 Å². The van der Waals surface area contributed by atoms with E-state index in [1.54, 1.807) is 18.2 Å². The van der Waals surface area contributed by atoms with Gasteiger partial charge in [0.05, 0.1) is 5.69 Å². The maximum absolute atomic E-state index is 11.7. The molecule has 1 aromatic carbocycles. The van der Waals surface area contributed by atoms with Crippen LogP contribution in [0.15, 0.2) is 27.8 Å². The van der Waals surface area contributed by atoms with Crippen molar-refractivity contribution in [3.05, 3.63) is 28.2 Å². The molecule has 0 atom stereocenters. The van der Waals surface area contributed by atoms with Crippen LogP contribution < -0.4 is 11.1 Å². The van der Waals surface area contributed by atoms with E-state index in [0.29, 0.717) is 17.7 Å². The minimum atomic E-state index is -0.0776. The lowest BCUT2D eigenvalue weighted by Gasteiger charge is -2.10. The van der Waals surface area contributed by atoms with Crippen molar-refractivity contribution in [1.29, 1.82) is 0 Å².